The predicted octanol–water partition coefficient (Wildman–Crippen LogP) is 1.39. The third-order valence-electron chi connectivity index (χ3n) is 1.76. The van der Waals surface area contributed by atoms with Crippen molar-refractivity contribution in [2.45, 2.75) is 19.1 Å². The average Bonchev–Trinajstić information content (AvgIpc) is 2.53. The van der Waals surface area contributed by atoms with Crippen molar-refractivity contribution in [1.29, 1.82) is 0 Å². The monoisotopic (exact) mass is 171 g/mol. The molecule has 0 spiro atoms. The lowest BCUT2D eigenvalue weighted by molar-refractivity contribution is 0.143. The Morgan fingerprint density at radius 2 is 2.36 bits per heavy atom. The smallest absolute Gasteiger partial charge is 0.103 e. The molecule has 0 amide bonds. The average molecular weight is 171 g/mol. The summed E-state index contributed by atoms with van der Waals surface area (Å²) in [6.07, 6.45) is -0.375. The molecular weight excluding hydrogens is 158 g/mol. The quantitative estimate of drug-likeness (QED) is 0.720. The van der Waals surface area contributed by atoms with Crippen LogP contribution in [0.15, 0.2) is 17.5 Å². The largest absolute Gasteiger partial charge is 0.386 e. The van der Waals surface area contributed by atoms with Gasteiger partial charge in [-0.05, 0) is 25.4 Å². The van der Waals surface area contributed by atoms with E-state index in [4.69, 9.17) is 0 Å². The lowest BCUT2D eigenvalue weighted by Gasteiger charge is -2.16. The Morgan fingerprint density at radius 3 is 2.82 bits per heavy atom. The summed E-state index contributed by atoms with van der Waals surface area (Å²) in [5.41, 5.74) is 0. The molecular formula is C8H13NOS. The van der Waals surface area contributed by atoms with Gasteiger partial charge < -0.3 is 10.4 Å². The second-order valence-electron chi connectivity index (χ2n) is 2.54. The van der Waals surface area contributed by atoms with E-state index in [9.17, 15) is 5.11 Å². The number of hydrogen-bond acceptors (Lipinski definition) is 3. The van der Waals surface area contributed by atoms with E-state index in [0.717, 1.165) is 4.88 Å². The van der Waals surface area contributed by atoms with Crippen molar-refractivity contribution < 1.29 is 5.11 Å². The third kappa shape index (κ3) is 2.02. The van der Waals surface area contributed by atoms with Gasteiger partial charge >= 0.3 is 0 Å². The van der Waals surface area contributed by atoms with E-state index in [2.05, 4.69) is 5.32 Å². The highest BCUT2D eigenvalue weighted by molar-refractivity contribution is 7.10. The number of aliphatic hydroxyl groups excluding tert-OH is 1. The second-order valence-corrected chi connectivity index (χ2v) is 3.52. The first-order chi connectivity index (χ1) is 5.25. The van der Waals surface area contributed by atoms with Crippen LogP contribution in [0.4, 0.5) is 0 Å². The van der Waals surface area contributed by atoms with E-state index in [0.29, 0.717) is 0 Å². The fourth-order valence-corrected chi connectivity index (χ4v) is 1.68. The molecule has 0 aliphatic heterocycles. The minimum atomic E-state index is -0.375. The van der Waals surface area contributed by atoms with Crippen LogP contribution in [0.5, 0.6) is 0 Å². The molecule has 0 aromatic carbocycles. The maximum absolute atomic E-state index is 9.63. The van der Waals surface area contributed by atoms with Gasteiger partial charge in [0.15, 0.2) is 0 Å². The molecule has 0 aliphatic carbocycles. The standard InChI is InChI=1S/C8H13NOS/c1-6(9-2)8(10)7-4-3-5-11-7/h3-6,8-10H,1-2H3/t6-,8-/m1/s1. The molecule has 0 radical (unpaired) electrons. The molecule has 0 fully saturated rings. The minimum Gasteiger partial charge on any atom is -0.386 e. The van der Waals surface area contributed by atoms with Gasteiger partial charge in [0.2, 0.25) is 0 Å². The Bertz CT molecular complexity index is 198. The van der Waals surface area contributed by atoms with Gasteiger partial charge in [-0.1, -0.05) is 6.07 Å². The van der Waals surface area contributed by atoms with Crippen molar-refractivity contribution in [2.24, 2.45) is 0 Å². The number of aliphatic hydroxyl groups is 1. The van der Waals surface area contributed by atoms with Crippen molar-refractivity contribution in [1.82, 2.24) is 5.32 Å². The molecule has 1 aromatic rings. The molecule has 2 N–H and O–H groups in total. The number of rotatable bonds is 3. The van der Waals surface area contributed by atoms with Crippen LogP contribution in [0, 0.1) is 0 Å². The summed E-state index contributed by atoms with van der Waals surface area (Å²) in [7, 11) is 1.85. The Hall–Kier alpha value is -0.380. The van der Waals surface area contributed by atoms with Gasteiger partial charge in [0.25, 0.3) is 0 Å². The Morgan fingerprint density at radius 1 is 1.64 bits per heavy atom. The van der Waals surface area contributed by atoms with E-state index >= 15 is 0 Å². The minimum absolute atomic E-state index is 0.119. The zero-order valence-electron chi connectivity index (χ0n) is 6.74. The van der Waals surface area contributed by atoms with Crippen LogP contribution in [-0.4, -0.2) is 18.2 Å². The molecule has 1 rings (SSSR count). The molecule has 2 atom stereocenters. The lowest BCUT2D eigenvalue weighted by Crippen LogP contribution is -2.28. The van der Waals surface area contributed by atoms with Gasteiger partial charge in [0.1, 0.15) is 6.10 Å². The van der Waals surface area contributed by atoms with E-state index in [-0.39, 0.29) is 12.1 Å². The number of likely N-dealkylation sites (N-methyl/N-ethyl adjacent to an activating group) is 1. The van der Waals surface area contributed by atoms with Gasteiger partial charge in [-0.25, -0.2) is 0 Å². The summed E-state index contributed by atoms with van der Waals surface area (Å²) in [5.74, 6) is 0. The number of nitrogens with one attached hydrogen (secondary N) is 1. The first-order valence-electron chi connectivity index (χ1n) is 3.64. The van der Waals surface area contributed by atoms with Gasteiger partial charge in [-0.2, -0.15) is 0 Å². The first-order valence-corrected chi connectivity index (χ1v) is 4.52. The van der Waals surface area contributed by atoms with Crippen LogP contribution in [0.1, 0.15) is 17.9 Å². The molecule has 0 unspecified atom stereocenters. The van der Waals surface area contributed by atoms with Crippen molar-refractivity contribution in [2.75, 3.05) is 7.05 Å². The highest BCUT2D eigenvalue weighted by Crippen LogP contribution is 2.21. The fourth-order valence-electron chi connectivity index (χ4n) is 0.864. The molecule has 62 valence electrons. The van der Waals surface area contributed by atoms with Crippen molar-refractivity contribution in [3.63, 3.8) is 0 Å². The zero-order valence-corrected chi connectivity index (χ0v) is 7.56. The van der Waals surface area contributed by atoms with E-state index < -0.39 is 0 Å². The molecule has 1 aromatic heterocycles. The SMILES string of the molecule is CN[C@H](C)[C@@H](O)c1cccs1. The maximum atomic E-state index is 9.63. The zero-order chi connectivity index (χ0) is 8.27. The van der Waals surface area contributed by atoms with Crippen molar-refractivity contribution in [3.8, 4) is 0 Å². The third-order valence-corrected chi connectivity index (χ3v) is 2.71. The van der Waals surface area contributed by atoms with Gasteiger partial charge in [-0.3, -0.25) is 0 Å². The fraction of sp³-hybridized carbons (Fsp3) is 0.500. The van der Waals surface area contributed by atoms with E-state index in [1.54, 1.807) is 11.3 Å². The van der Waals surface area contributed by atoms with Gasteiger partial charge in [0.05, 0.1) is 0 Å². The van der Waals surface area contributed by atoms with E-state index in [1.165, 1.54) is 0 Å². The maximum Gasteiger partial charge on any atom is 0.103 e. The molecule has 0 saturated carbocycles. The summed E-state index contributed by atoms with van der Waals surface area (Å²) < 4.78 is 0. The van der Waals surface area contributed by atoms with Crippen LogP contribution < -0.4 is 5.32 Å². The summed E-state index contributed by atoms with van der Waals surface area (Å²) in [6.45, 7) is 1.96. The van der Waals surface area contributed by atoms with Crippen molar-refractivity contribution >= 4 is 11.3 Å². The second kappa shape index (κ2) is 3.85. The predicted molar refractivity (Wildman–Crippen MR) is 47.8 cm³/mol. The molecule has 2 nitrogen and oxygen atoms in total. The van der Waals surface area contributed by atoms with Crippen LogP contribution in [0.25, 0.3) is 0 Å². The van der Waals surface area contributed by atoms with Crippen molar-refractivity contribution in [3.05, 3.63) is 22.4 Å². The first kappa shape index (κ1) is 8.71. The van der Waals surface area contributed by atoms with Gasteiger partial charge in [-0.15, -0.1) is 11.3 Å². The molecule has 0 bridgehead atoms. The molecule has 0 aliphatic rings. The van der Waals surface area contributed by atoms with Crippen LogP contribution in [-0.2, 0) is 0 Å². The Labute approximate surface area is 70.9 Å². The number of thiophene rings is 1. The van der Waals surface area contributed by atoms with Crippen LogP contribution in [0.3, 0.4) is 0 Å². The van der Waals surface area contributed by atoms with Gasteiger partial charge in [0, 0.05) is 10.9 Å². The Balaban J connectivity index is 2.62. The van der Waals surface area contributed by atoms with E-state index in [1.807, 2.05) is 31.5 Å². The molecule has 0 saturated heterocycles. The Kier molecular flexibility index (Phi) is 3.05. The summed E-state index contributed by atoms with van der Waals surface area (Å²) in [5, 5.41) is 14.6. The normalized spacial score (nSPS) is 16.3. The van der Waals surface area contributed by atoms with Crippen LogP contribution >= 0.6 is 11.3 Å². The number of hydrogen-bond donors (Lipinski definition) is 2. The highest BCUT2D eigenvalue weighted by Gasteiger charge is 2.14. The highest BCUT2D eigenvalue weighted by atomic mass is 32.1. The topological polar surface area (TPSA) is 32.3 Å². The molecule has 11 heavy (non-hydrogen) atoms. The summed E-state index contributed by atoms with van der Waals surface area (Å²) in [4.78, 5) is 1.02. The molecule has 3 heteroatoms. The summed E-state index contributed by atoms with van der Waals surface area (Å²) >= 11 is 1.58. The van der Waals surface area contributed by atoms with Crippen LogP contribution in [0.2, 0.25) is 0 Å². The lowest BCUT2D eigenvalue weighted by atomic mass is 10.1. The molecule has 1 heterocycles. The summed E-state index contributed by atoms with van der Waals surface area (Å²) in [6, 6.07) is 4.02.